The number of hydrogen-bond acceptors (Lipinski definition) is 4. The topological polar surface area (TPSA) is 66.4 Å². The van der Waals surface area contributed by atoms with Gasteiger partial charge in [0.25, 0.3) is 0 Å². The van der Waals surface area contributed by atoms with Crippen LogP contribution in [0, 0.1) is 19.8 Å². The molecule has 0 atom stereocenters. The van der Waals surface area contributed by atoms with Gasteiger partial charge in [0.2, 0.25) is 10.0 Å². The minimum Gasteiger partial charge on any atom is -0.396 e. The molecule has 1 heterocycles. The number of sulfonamides is 1. The first-order chi connectivity index (χ1) is 8.92. The fraction of sp³-hybridized carbons (Fsp3) is 0.692. The third-order valence-corrected chi connectivity index (χ3v) is 6.45. The molecule has 0 radical (unpaired) electrons. The van der Waals surface area contributed by atoms with Crippen LogP contribution in [-0.4, -0.2) is 26.2 Å². The first kappa shape index (κ1) is 15.0. The van der Waals surface area contributed by atoms with E-state index in [1.165, 1.54) is 11.3 Å². The average Bonchev–Trinajstić information content (AvgIpc) is 2.70. The third kappa shape index (κ3) is 3.56. The summed E-state index contributed by atoms with van der Waals surface area (Å²) in [6.07, 6.45) is 3.41. The molecule has 2 rings (SSSR count). The molecule has 1 aliphatic rings. The second-order valence-corrected chi connectivity index (χ2v) is 8.44. The zero-order valence-corrected chi connectivity index (χ0v) is 13.0. The van der Waals surface area contributed by atoms with Gasteiger partial charge in [-0.15, -0.1) is 11.3 Å². The molecule has 0 amide bonds. The summed E-state index contributed by atoms with van der Waals surface area (Å²) in [5.74, 6) is 0.339. The van der Waals surface area contributed by atoms with Crippen molar-refractivity contribution in [2.75, 3.05) is 6.61 Å². The van der Waals surface area contributed by atoms with E-state index in [1.54, 1.807) is 6.07 Å². The molecule has 19 heavy (non-hydrogen) atoms. The van der Waals surface area contributed by atoms with Crippen molar-refractivity contribution in [1.29, 1.82) is 0 Å². The Balaban J connectivity index is 2.04. The molecule has 0 spiro atoms. The predicted molar refractivity (Wildman–Crippen MR) is 76.9 cm³/mol. The second kappa shape index (κ2) is 5.91. The molecule has 6 heteroatoms. The highest BCUT2D eigenvalue weighted by Crippen LogP contribution is 2.28. The molecule has 0 saturated heterocycles. The van der Waals surface area contributed by atoms with Crippen molar-refractivity contribution in [2.24, 2.45) is 5.92 Å². The van der Waals surface area contributed by atoms with Crippen LogP contribution in [-0.2, 0) is 10.0 Å². The van der Waals surface area contributed by atoms with Gasteiger partial charge in [-0.25, -0.2) is 13.1 Å². The summed E-state index contributed by atoms with van der Waals surface area (Å²) in [6, 6.07) is 1.74. The Hall–Kier alpha value is -0.430. The van der Waals surface area contributed by atoms with Crippen molar-refractivity contribution in [2.45, 2.75) is 50.5 Å². The van der Waals surface area contributed by atoms with Crippen LogP contribution < -0.4 is 4.72 Å². The van der Waals surface area contributed by atoms with Crippen molar-refractivity contribution in [3.05, 3.63) is 15.8 Å². The molecule has 108 valence electrons. The van der Waals surface area contributed by atoms with E-state index in [1.807, 2.05) is 13.8 Å². The molecule has 0 unspecified atom stereocenters. The van der Waals surface area contributed by atoms with Crippen LogP contribution in [0.5, 0.6) is 0 Å². The molecule has 0 bridgehead atoms. The van der Waals surface area contributed by atoms with Gasteiger partial charge in [-0.3, -0.25) is 0 Å². The zero-order valence-electron chi connectivity index (χ0n) is 11.3. The van der Waals surface area contributed by atoms with E-state index >= 15 is 0 Å². The van der Waals surface area contributed by atoms with Crippen molar-refractivity contribution < 1.29 is 13.5 Å². The van der Waals surface area contributed by atoms with Gasteiger partial charge in [-0.1, -0.05) is 0 Å². The van der Waals surface area contributed by atoms with E-state index in [9.17, 15) is 8.42 Å². The summed E-state index contributed by atoms with van der Waals surface area (Å²) >= 11 is 1.51. The number of nitrogens with one attached hydrogen (secondary N) is 1. The molecule has 0 aromatic carbocycles. The third-order valence-electron chi connectivity index (χ3n) is 3.71. The number of hydrogen-bond donors (Lipinski definition) is 2. The van der Waals surface area contributed by atoms with E-state index in [2.05, 4.69) is 4.72 Å². The Morgan fingerprint density at radius 1 is 1.32 bits per heavy atom. The lowest BCUT2D eigenvalue weighted by Crippen LogP contribution is -2.38. The van der Waals surface area contributed by atoms with Gasteiger partial charge in [-0.05, 0) is 51.5 Å². The van der Waals surface area contributed by atoms with Crippen LogP contribution in [0.2, 0.25) is 0 Å². The molecular formula is C13H21NO3S2. The van der Waals surface area contributed by atoms with Crippen molar-refractivity contribution in [1.82, 2.24) is 4.72 Å². The van der Waals surface area contributed by atoms with Crippen LogP contribution in [0.1, 0.15) is 35.4 Å². The highest BCUT2D eigenvalue weighted by Gasteiger charge is 2.26. The van der Waals surface area contributed by atoms with Gasteiger partial charge >= 0.3 is 0 Å². The minimum atomic E-state index is -3.40. The lowest BCUT2D eigenvalue weighted by Gasteiger charge is -2.27. The van der Waals surface area contributed by atoms with Crippen LogP contribution in [0.25, 0.3) is 0 Å². The highest BCUT2D eigenvalue weighted by atomic mass is 32.2. The smallest absolute Gasteiger partial charge is 0.241 e. The highest BCUT2D eigenvalue weighted by molar-refractivity contribution is 7.89. The first-order valence-electron chi connectivity index (χ1n) is 6.62. The van der Waals surface area contributed by atoms with Gasteiger partial charge in [-0.2, -0.15) is 0 Å². The Morgan fingerprint density at radius 2 is 1.95 bits per heavy atom. The van der Waals surface area contributed by atoms with E-state index in [4.69, 9.17) is 5.11 Å². The Morgan fingerprint density at radius 3 is 2.42 bits per heavy atom. The summed E-state index contributed by atoms with van der Waals surface area (Å²) in [6.45, 7) is 3.97. The molecule has 2 N–H and O–H groups in total. The molecule has 1 aromatic rings. The predicted octanol–water partition coefficient (Wildman–Crippen LogP) is 2.19. The molecule has 1 fully saturated rings. The molecule has 0 aliphatic heterocycles. The molecule has 1 aromatic heterocycles. The summed E-state index contributed by atoms with van der Waals surface area (Å²) in [5, 5.41) is 9.09. The Labute approximate surface area is 118 Å². The van der Waals surface area contributed by atoms with Gasteiger partial charge in [0, 0.05) is 22.4 Å². The fourth-order valence-corrected chi connectivity index (χ4v) is 5.48. The monoisotopic (exact) mass is 303 g/mol. The van der Waals surface area contributed by atoms with Crippen LogP contribution >= 0.6 is 11.3 Å². The Bertz CT molecular complexity index is 528. The van der Waals surface area contributed by atoms with E-state index < -0.39 is 10.0 Å². The minimum absolute atomic E-state index is 0.00686. The lowest BCUT2D eigenvalue weighted by molar-refractivity contribution is 0.180. The number of rotatable bonds is 4. The number of thiophene rings is 1. The average molecular weight is 303 g/mol. The van der Waals surface area contributed by atoms with Gasteiger partial charge < -0.3 is 5.11 Å². The van der Waals surface area contributed by atoms with Gasteiger partial charge in [0.05, 0.1) is 4.90 Å². The fourth-order valence-electron chi connectivity index (χ4n) is 2.62. The van der Waals surface area contributed by atoms with Crippen molar-refractivity contribution in [3.63, 3.8) is 0 Å². The second-order valence-electron chi connectivity index (χ2n) is 5.30. The molecule has 1 saturated carbocycles. The summed E-state index contributed by atoms with van der Waals surface area (Å²) < 4.78 is 27.5. The zero-order chi connectivity index (χ0) is 14.0. The van der Waals surface area contributed by atoms with Gasteiger partial charge in [0.1, 0.15) is 0 Å². The number of aryl methyl sites for hydroxylation is 2. The van der Waals surface area contributed by atoms with E-state index in [0.29, 0.717) is 10.8 Å². The maximum absolute atomic E-state index is 12.3. The van der Waals surface area contributed by atoms with Crippen molar-refractivity contribution in [3.8, 4) is 0 Å². The number of aliphatic hydroxyl groups excluding tert-OH is 1. The van der Waals surface area contributed by atoms with Crippen molar-refractivity contribution >= 4 is 21.4 Å². The quantitative estimate of drug-likeness (QED) is 0.896. The van der Waals surface area contributed by atoms with E-state index in [0.717, 1.165) is 35.4 Å². The largest absolute Gasteiger partial charge is 0.396 e. The normalized spacial score (nSPS) is 24.6. The Kier molecular flexibility index (Phi) is 4.66. The SMILES string of the molecule is Cc1cc(S(=O)(=O)NC2CCC(CO)CC2)c(C)s1. The standard InChI is InChI=1S/C13H21NO3S2/c1-9-7-13(10(2)18-9)19(16,17)14-12-5-3-11(8-15)4-6-12/h7,11-12,14-15H,3-6,8H2,1-2H3. The van der Waals surface area contributed by atoms with Crippen LogP contribution in [0.3, 0.4) is 0 Å². The summed E-state index contributed by atoms with van der Waals surface area (Å²) in [4.78, 5) is 2.27. The molecular weight excluding hydrogens is 282 g/mol. The van der Waals surface area contributed by atoms with Crippen LogP contribution in [0.15, 0.2) is 11.0 Å². The summed E-state index contributed by atoms with van der Waals surface area (Å²) in [7, 11) is -3.40. The molecule has 1 aliphatic carbocycles. The lowest BCUT2D eigenvalue weighted by atomic mass is 9.87. The van der Waals surface area contributed by atoms with Gasteiger partial charge in [0.15, 0.2) is 0 Å². The molecule has 4 nitrogen and oxygen atoms in total. The number of aliphatic hydroxyl groups is 1. The summed E-state index contributed by atoms with van der Waals surface area (Å²) in [5.41, 5.74) is 0. The maximum atomic E-state index is 12.3. The van der Waals surface area contributed by atoms with Crippen LogP contribution in [0.4, 0.5) is 0 Å². The van der Waals surface area contributed by atoms with E-state index in [-0.39, 0.29) is 12.6 Å². The maximum Gasteiger partial charge on any atom is 0.241 e. The first-order valence-corrected chi connectivity index (χ1v) is 8.92.